The van der Waals surface area contributed by atoms with Crippen LogP contribution in [-0.4, -0.2) is 34.5 Å². The van der Waals surface area contributed by atoms with Crippen LogP contribution in [0.1, 0.15) is 17.2 Å². The Kier molecular flexibility index (Phi) is 3.86. The van der Waals surface area contributed by atoms with E-state index in [1.54, 1.807) is 14.2 Å². The largest absolute Gasteiger partial charge is 0.493 e. The zero-order valence-electron chi connectivity index (χ0n) is 10.6. The quantitative estimate of drug-likeness (QED) is 0.865. The molecule has 4 nitrogen and oxygen atoms in total. The molecule has 1 unspecified atom stereocenters. The van der Waals surface area contributed by atoms with Crippen molar-refractivity contribution >= 4 is 0 Å². The molecule has 2 rings (SSSR count). The predicted octanol–water partition coefficient (Wildman–Crippen LogP) is 1.54. The van der Waals surface area contributed by atoms with E-state index in [9.17, 15) is 0 Å². The number of rotatable bonds is 3. The molecule has 1 aromatic carbocycles. The van der Waals surface area contributed by atoms with Gasteiger partial charge in [0.25, 0.3) is 0 Å². The molecular weight excluding hydrogens is 218 g/mol. The lowest BCUT2D eigenvalue weighted by atomic mass is 9.98. The smallest absolute Gasteiger partial charge is 0.161 e. The van der Waals surface area contributed by atoms with Crippen molar-refractivity contribution in [3.63, 3.8) is 0 Å². The molecule has 0 bridgehead atoms. The Balaban J connectivity index is 2.47. The topological polar surface area (TPSA) is 39.7 Å². The maximum absolute atomic E-state index is 5.58. The Morgan fingerprint density at radius 1 is 1.24 bits per heavy atom. The van der Waals surface area contributed by atoms with Gasteiger partial charge in [0.05, 0.1) is 33.5 Å². The first-order valence-electron chi connectivity index (χ1n) is 5.80. The number of methoxy groups -OCH3 is 2. The lowest BCUT2D eigenvalue weighted by molar-refractivity contribution is 0.123. The molecule has 17 heavy (non-hydrogen) atoms. The van der Waals surface area contributed by atoms with E-state index < -0.39 is 0 Å². The van der Waals surface area contributed by atoms with Crippen LogP contribution in [0.2, 0.25) is 0 Å². The Morgan fingerprint density at radius 2 is 1.94 bits per heavy atom. The van der Waals surface area contributed by atoms with Crippen LogP contribution in [0.5, 0.6) is 11.5 Å². The maximum atomic E-state index is 5.58. The van der Waals surface area contributed by atoms with E-state index in [0.29, 0.717) is 6.61 Å². The molecule has 0 saturated carbocycles. The minimum Gasteiger partial charge on any atom is -0.493 e. The average Bonchev–Trinajstić information content (AvgIpc) is 2.58. The van der Waals surface area contributed by atoms with E-state index in [1.165, 1.54) is 11.1 Å². The summed E-state index contributed by atoms with van der Waals surface area (Å²) in [5.41, 5.74) is 2.50. The number of hydrogen-bond donors (Lipinski definition) is 1. The first-order valence-corrected chi connectivity index (χ1v) is 5.80. The summed E-state index contributed by atoms with van der Waals surface area (Å²) in [6.07, 6.45) is 0.911. The molecule has 1 aliphatic rings. The van der Waals surface area contributed by atoms with E-state index >= 15 is 0 Å². The molecule has 0 fully saturated rings. The molecule has 0 aliphatic carbocycles. The van der Waals surface area contributed by atoms with Crippen molar-refractivity contribution < 1.29 is 14.2 Å². The highest BCUT2D eigenvalue weighted by atomic mass is 16.5. The zero-order valence-corrected chi connectivity index (χ0v) is 10.6. The fourth-order valence-electron chi connectivity index (χ4n) is 2.19. The van der Waals surface area contributed by atoms with Crippen molar-refractivity contribution in [3.8, 4) is 11.5 Å². The predicted molar refractivity (Wildman–Crippen MR) is 65.9 cm³/mol. The van der Waals surface area contributed by atoms with Gasteiger partial charge in [0, 0.05) is 0 Å². The third kappa shape index (κ3) is 2.37. The normalized spacial score (nSPS) is 19.4. The van der Waals surface area contributed by atoms with Gasteiger partial charge in [-0.05, 0) is 36.7 Å². The molecule has 1 aliphatic heterocycles. The standard InChI is InChI=1S/C13H19NO3/c1-14-11-8-17-5-4-9-6-12(15-2)13(16-3)7-10(9)11/h6-7,11,14H,4-5,8H2,1-3H3. The molecular formula is C13H19NO3. The van der Waals surface area contributed by atoms with Crippen molar-refractivity contribution in [2.24, 2.45) is 0 Å². The van der Waals surface area contributed by atoms with Gasteiger partial charge in [-0.3, -0.25) is 0 Å². The summed E-state index contributed by atoms with van der Waals surface area (Å²) >= 11 is 0. The van der Waals surface area contributed by atoms with E-state index in [4.69, 9.17) is 14.2 Å². The number of nitrogens with one attached hydrogen (secondary N) is 1. The Hall–Kier alpha value is -1.26. The van der Waals surface area contributed by atoms with Crippen molar-refractivity contribution in [3.05, 3.63) is 23.3 Å². The Bertz CT molecular complexity index is 392. The van der Waals surface area contributed by atoms with Gasteiger partial charge in [0.2, 0.25) is 0 Å². The van der Waals surface area contributed by atoms with Crippen molar-refractivity contribution in [1.29, 1.82) is 0 Å². The van der Waals surface area contributed by atoms with Gasteiger partial charge < -0.3 is 19.5 Å². The highest BCUT2D eigenvalue weighted by Gasteiger charge is 2.20. The van der Waals surface area contributed by atoms with Crippen LogP contribution in [0.25, 0.3) is 0 Å². The highest BCUT2D eigenvalue weighted by Crippen LogP contribution is 2.34. The molecule has 1 atom stereocenters. The minimum absolute atomic E-state index is 0.215. The Labute approximate surface area is 102 Å². The summed E-state index contributed by atoms with van der Waals surface area (Å²) in [6.45, 7) is 1.44. The second kappa shape index (κ2) is 5.38. The third-order valence-electron chi connectivity index (χ3n) is 3.17. The second-order valence-corrected chi connectivity index (χ2v) is 4.07. The summed E-state index contributed by atoms with van der Waals surface area (Å²) in [7, 11) is 5.26. The van der Waals surface area contributed by atoms with E-state index in [2.05, 4.69) is 5.32 Å². The van der Waals surface area contributed by atoms with Crippen LogP contribution in [0.4, 0.5) is 0 Å². The number of hydrogen-bond acceptors (Lipinski definition) is 4. The Morgan fingerprint density at radius 3 is 2.59 bits per heavy atom. The summed E-state index contributed by atoms with van der Waals surface area (Å²) < 4.78 is 16.3. The van der Waals surface area contributed by atoms with Gasteiger partial charge in [-0.2, -0.15) is 0 Å². The van der Waals surface area contributed by atoms with Gasteiger partial charge in [-0.15, -0.1) is 0 Å². The minimum atomic E-state index is 0.215. The van der Waals surface area contributed by atoms with Gasteiger partial charge >= 0.3 is 0 Å². The van der Waals surface area contributed by atoms with Crippen LogP contribution in [0.15, 0.2) is 12.1 Å². The van der Waals surface area contributed by atoms with Crippen molar-refractivity contribution in [2.45, 2.75) is 12.5 Å². The molecule has 1 aromatic rings. The number of ether oxygens (including phenoxy) is 3. The zero-order chi connectivity index (χ0) is 12.3. The van der Waals surface area contributed by atoms with Crippen LogP contribution < -0.4 is 14.8 Å². The fourth-order valence-corrected chi connectivity index (χ4v) is 2.19. The summed E-state index contributed by atoms with van der Waals surface area (Å²) in [5, 5.41) is 3.27. The summed E-state index contributed by atoms with van der Waals surface area (Å²) in [5.74, 6) is 1.55. The second-order valence-electron chi connectivity index (χ2n) is 4.07. The van der Waals surface area contributed by atoms with Crippen LogP contribution in [0.3, 0.4) is 0 Å². The van der Waals surface area contributed by atoms with Gasteiger partial charge in [-0.1, -0.05) is 0 Å². The fraction of sp³-hybridized carbons (Fsp3) is 0.538. The lowest BCUT2D eigenvalue weighted by Gasteiger charge is -2.18. The van der Waals surface area contributed by atoms with E-state index in [0.717, 1.165) is 24.5 Å². The molecule has 94 valence electrons. The maximum Gasteiger partial charge on any atom is 0.161 e. The first kappa shape index (κ1) is 12.2. The summed E-state index contributed by atoms with van der Waals surface area (Å²) in [4.78, 5) is 0. The van der Waals surface area contributed by atoms with Crippen molar-refractivity contribution in [1.82, 2.24) is 5.32 Å². The SMILES string of the molecule is CNC1COCCc2cc(OC)c(OC)cc21. The van der Waals surface area contributed by atoms with Gasteiger partial charge in [0.15, 0.2) is 11.5 Å². The molecule has 0 spiro atoms. The monoisotopic (exact) mass is 237 g/mol. The number of benzene rings is 1. The van der Waals surface area contributed by atoms with E-state index in [1.807, 2.05) is 19.2 Å². The van der Waals surface area contributed by atoms with Crippen molar-refractivity contribution in [2.75, 3.05) is 34.5 Å². The van der Waals surface area contributed by atoms with Crippen LogP contribution >= 0.6 is 0 Å². The molecule has 0 aromatic heterocycles. The van der Waals surface area contributed by atoms with Gasteiger partial charge in [-0.25, -0.2) is 0 Å². The molecule has 0 saturated heterocycles. The molecule has 4 heteroatoms. The lowest BCUT2D eigenvalue weighted by Crippen LogP contribution is -2.21. The first-order chi connectivity index (χ1) is 8.30. The molecule has 1 heterocycles. The summed E-state index contributed by atoms with van der Waals surface area (Å²) in [6, 6.07) is 4.31. The number of likely N-dealkylation sites (N-methyl/N-ethyl adjacent to an activating group) is 1. The molecule has 1 N–H and O–H groups in total. The number of fused-ring (bicyclic) bond motifs is 1. The van der Waals surface area contributed by atoms with E-state index in [-0.39, 0.29) is 6.04 Å². The van der Waals surface area contributed by atoms with Crippen LogP contribution in [-0.2, 0) is 11.2 Å². The molecule has 0 radical (unpaired) electrons. The van der Waals surface area contributed by atoms with Gasteiger partial charge in [0.1, 0.15) is 0 Å². The van der Waals surface area contributed by atoms with Crippen LogP contribution in [0, 0.1) is 0 Å². The third-order valence-corrected chi connectivity index (χ3v) is 3.17. The highest BCUT2D eigenvalue weighted by molar-refractivity contribution is 5.49. The molecule has 0 amide bonds. The average molecular weight is 237 g/mol.